The van der Waals surface area contributed by atoms with Gasteiger partial charge < -0.3 is 16.0 Å². The summed E-state index contributed by atoms with van der Waals surface area (Å²) < 4.78 is -1.95. The molecule has 0 fully saturated rings. The number of hydrogen-bond acceptors (Lipinski definition) is 4. The number of nitro benzene ring substituents is 1. The number of amides is 1. The highest BCUT2D eigenvalue weighted by Crippen LogP contribution is 2.29. The Bertz CT molecular complexity index is 890. The van der Waals surface area contributed by atoms with Crippen molar-refractivity contribution < 1.29 is 9.72 Å². The summed E-state index contributed by atoms with van der Waals surface area (Å²) in [5.41, 5.74) is 0.582. The molecule has 12 heteroatoms. The van der Waals surface area contributed by atoms with Gasteiger partial charge in [-0.15, -0.1) is 0 Å². The lowest BCUT2D eigenvalue weighted by atomic mass is 10.2. The Morgan fingerprint density at radius 2 is 1.68 bits per heavy atom. The molecule has 0 aliphatic carbocycles. The summed E-state index contributed by atoms with van der Waals surface area (Å²) in [6, 6.07) is 11.9. The summed E-state index contributed by atoms with van der Waals surface area (Å²) in [5.74, 6) is -0.576. The topological polar surface area (TPSA) is 96.3 Å². The molecule has 3 N–H and O–H groups in total. The zero-order valence-electron chi connectivity index (χ0n) is 13.8. The minimum absolute atomic E-state index is 0.0182. The number of nitrogens with one attached hydrogen (secondary N) is 3. The molecular formula is C16H12Cl4N4O3S. The SMILES string of the molecule is O=C(N[C@@H](NC(=S)Nc1ccc([N+](=O)[O-])cc1)C(Cl)(Cl)Cl)c1ccccc1Cl. The summed E-state index contributed by atoms with van der Waals surface area (Å²) in [4.78, 5) is 22.6. The fourth-order valence-corrected chi connectivity index (χ4v) is 2.80. The Labute approximate surface area is 185 Å². The van der Waals surface area contributed by atoms with Gasteiger partial charge in [0.15, 0.2) is 5.11 Å². The van der Waals surface area contributed by atoms with Gasteiger partial charge in [0.05, 0.1) is 15.5 Å². The molecule has 7 nitrogen and oxygen atoms in total. The smallest absolute Gasteiger partial charge is 0.269 e. The summed E-state index contributed by atoms with van der Waals surface area (Å²) in [7, 11) is 0. The number of anilines is 1. The number of alkyl halides is 3. The molecule has 0 radical (unpaired) electrons. The van der Waals surface area contributed by atoms with Crippen LogP contribution in [-0.4, -0.2) is 25.9 Å². The van der Waals surface area contributed by atoms with Crippen LogP contribution in [0, 0.1) is 10.1 Å². The van der Waals surface area contributed by atoms with Crippen molar-refractivity contribution in [2.75, 3.05) is 5.32 Å². The third kappa shape index (κ3) is 6.35. The molecule has 0 unspecified atom stereocenters. The number of carbonyl (C=O) groups is 1. The van der Waals surface area contributed by atoms with E-state index < -0.39 is 20.8 Å². The number of non-ortho nitro benzene ring substituents is 1. The second-order valence-corrected chi connectivity index (χ2v) is 8.51. The third-order valence-corrected chi connectivity index (χ3v) is 4.54. The van der Waals surface area contributed by atoms with Crippen molar-refractivity contribution in [3.05, 3.63) is 69.2 Å². The number of hydrogen-bond donors (Lipinski definition) is 3. The molecule has 2 aromatic carbocycles. The number of halogens is 4. The molecule has 0 aromatic heterocycles. The maximum Gasteiger partial charge on any atom is 0.269 e. The molecule has 0 saturated carbocycles. The van der Waals surface area contributed by atoms with Crippen LogP contribution in [0.3, 0.4) is 0 Å². The van der Waals surface area contributed by atoms with Crippen molar-refractivity contribution in [1.29, 1.82) is 0 Å². The lowest BCUT2D eigenvalue weighted by Gasteiger charge is -2.28. The Hall–Kier alpha value is -1.84. The zero-order valence-corrected chi connectivity index (χ0v) is 17.6. The van der Waals surface area contributed by atoms with Crippen LogP contribution >= 0.6 is 58.6 Å². The van der Waals surface area contributed by atoms with Gasteiger partial charge in [-0.05, 0) is 36.5 Å². The summed E-state index contributed by atoms with van der Waals surface area (Å²) in [6.07, 6.45) is -1.20. The van der Waals surface area contributed by atoms with Crippen LogP contribution in [0.1, 0.15) is 10.4 Å². The minimum atomic E-state index is -1.95. The second-order valence-electron chi connectivity index (χ2n) is 5.33. The monoisotopic (exact) mass is 480 g/mol. The maximum atomic E-state index is 12.4. The number of carbonyl (C=O) groups excluding carboxylic acids is 1. The predicted octanol–water partition coefficient (Wildman–Crippen LogP) is 4.66. The first-order valence-corrected chi connectivity index (χ1v) is 9.44. The Balaban J connectivity index is 2.07. The van der Waals surface area contributed by atoms with Crippen molar-refractivity contribution in [2.24, 2.45) is 0 Å². The van der Waals surface area contributed by atoms with Crippen LogP contribution in [0.2, 0.25) is 5.02 Å². The predicted molar refractivity (Wildman–Crippen MR) is 115 cm³/mol. The van der Waals surface area contributed by atoms with Gasteiger partial charge in [0.25, 0.3) is 11.6 Å². The summed E-state index contributed by atoms with van der Waals surface area (Å²) in [6.45, 7) is 0. The van der Waals surface area contributed by atoms with E-state index in [2.05, 4.69) is 16.0 Å². The maximum absolute atomic E-state index is 12.4. The lowest BCUT2D eigenvalue weighted by Crippen LogP contribution is -2.56. The highest BCUT2D eigenvalue weighted by molar-refractivity contribution is 7.80. The van der Waals surface area contributed by atoms with Crippen LogP contribution in [0.5, 0.6) is 0 Å². The van der Waals surface area contributed by atoms with Crippen molar-refractivity contribution >= 4 is 81.0 Å². The molecule has 148 valence electrons. The highest BCUT2D eigenvalue weighted by atomic mass is 35.6. The summed E-state index contributed by atoms with van der Waals surface area (Å²) >= 11 is 28.9. The molecule has 0 bridgehead atoms. The van der Waals surface area contributed by atoms with Gasteiger partial charge in [0.2, 0.25) is 3.79 Å². The van der Waals surface area contributed by atoms with E-state index in [1.165, 1.54) is 30.3 Å². The average Bonchev–Trinajstić information content (AvgIpc) is 2.61. The van der Waals surface area contributed by atoms with Gasteiger partial charge in [-0.25, -0.2) is 0 Å². The van der Waals surface area contributed by atoms with Crippen LogP contribution in [0.15, 0.2) is 48.5 Å². The van der Waals surface area contributed by atoms with Gasteiger partial charge in [-0.2, -0.15) is 0 Å². The lowest BCUT2D eigenvalue weighted by molar-refractivity contribution is -0.384. The van der Waals surface area contributed by atoms with E-state index in [1.54, 1.807) is 18.2 Å². The standard InChI is InChI=1S/C16H12Cl4N4O3S/c17-12-4-2-1-3-11(12)13(25)22-14(16(18,19)20)23-15(28)21-9-5-7-10(8-6-9)24(26)27/h1-8,14H,(H,22,25)(H2,21,23,28)/t14-/m0/s1. The van der Waals surface area contributed by atoms with Crippen molar-refractivity contribution in [2.45, 2.75) is 9.96 Å². The summed E-state index contributed by atoms with van der Waals surface area (Å²) in [5, 5.41) is 18.9. The van der Waals surface area contributed by atoms with E-state index in [1.807, 2.05) is 0 Å². The molecule has 0 heterocycles. The van der Waals surface area contributed by atoms with E-state index in [0.29, 0.717) is 5.69 Å². The molecule has 0 saturated heterocycles. The molecule has 0 aliphatic heterocycles. The molecule has 1 atom stereocenters. The molecular weight excluding hydrogens is 470 g/mol. The van der Waals surface area contributed by atoms with Crippen LogP contribution in [0.4, 0.5) is 11.4 Å². The highest BCUT2D eigenvalue weighted by Gasteiger charge is 2.35. The quantitative estimate of drug-likeness (QED) is 0.189. The number of thiocarbonyl (C=S) groups is 1. The first-order valence-electron chi connectivity index (χ1n) is 7.52. The largest absolute Gasteiger partial charge is 0.339 e. The Kier molecular flexibility index (Phi) is 7.68. The Morgan fingerprint density at radius 3 is 2.21 bits per heavy atom. The fourth-order valence-electron chi connectivity index (χ4n) is 2.02. The van der Waals surface area contributed by atoms with E-state index in [9.17, 15) is 14.9 Å². The molecule has 0 aliphatic rings. The number of rotatable bonds is 5. The van der Waals surface area contributed by atoms with E-state index in [4.69, 9.17) is 58.6 Å². The van der Waals surface area contributed by atoms with Gasteiger partial charge >= 0.3 is 0 Å². The molecule has 28 heavy (non-hydrogen) atoms. The van der Waals surface area contributed by atoms with Crippen LogP contribution in [0.25, 0.3) is 0 Å². The Morgan fingerprint density at radius 1 is 1.07 bits per heavy atom. The molecule has 2 aromatic rings. The first kappa shape index (κ1) is 22.4. The average molecular weight is 482 g/mol. The number of nitro groups is 1. The molecule has 0 spiro atoms. The van der Waals surface area contributed by atoms with Gasteiger partial charge in [-0.3, -0.25) is 14.9 Å². The van der Waals surface area contributed by atoms with Gasteiger partial charge in [0, 0.05) is 17.8 Å². The number of nitrogens with zero attached hydrogens (tertiary/aromatic N) is 1. The first-order chi connectivity index (χ1) is 13.1. The second kappa shape index (κ2) is 9.58. The minimum Gasteiger partial charge on any atom is -0.339 e. The fraction of sp³-hybridized carbons (Fsp3) is 0.125. The van der Waals surface area contributed by atoms with Crippen molar-refractivity contribution in [3.8, 4) is 0 Å². The van der Waals surface area contributed by atoms with E-state index in [0.717, 1.165) is 0 Å². The van der Waals surface area contributed by atoms with E-state index in [-0.39, 0.29) is 21.4 Å². The normalized spacial score (nSPS) is 12.0. The zero-order chi connectivity index (χ0) is 20.9. The van der Waals surface area contributed by atoms with Gasteiger partial charge in [0.1, 0.15) is 6.17 Å². The molecule has 2 rings (SSSR count). The van der Waals surface area contributed by atoms with Crippen molar-refractivity contribution in [3.63, 3.8) is 0 Å². The molecule has 1 amide bonds. The van der Waals surface area contributed by atoms with Crippen LogP contribution in [-0.2, 0) is 0 Å². The van der Waals surface area contributed by atoms with E-state index >= 15 is 0 Å². The van der Waals surface area contributed by atoms with Crippen molar-refractivity contribution in [1.82, 2.24) is 10.6 Å². The number of benzene rings is 2. The van der Waals surface area contributed by atoms with Gasteiger partial charge in [-0.1, -0.05) is 58.5 Å². The van der Waals surface area contributed by atoms with Crippen LogP contribution < -0.4 is 16.0 Å². The third-order valence-electron chi connectivity index (χ3n) is 3.33.